The molecule has 0 N–H and O–H groups in total. The molecular formula is C14H20INO3. The maximum absolute atomic E-state index is 12.2. The van der Waals surface area contributed by atoms with Crippen LogP contribution < -0.4 is 4.74 Å². The quantitative estimate of drug-likeness (QED) is 0.542. The minimum atomic E-state index is 0.0398. The third-order valence-electron chi connectivity index (χ3n) is 2.77. The van der Waals surface area contributed by atoms with E-state index in [4.69, 9.17) is 9.47 Å². The summed E-state index contributed by atoms with van der Waals surface area (Å²) in [5.74, 6) is 0.772. The predicted octanol–water partition coefficient (Wildman–Crippen LogP) is 2.80. The molecule has 1 rings (SSSR count). The van der Waals surface area contributed by atoms with Crippen molar-refractivity contribution >= 4 is 28.5 Å². The number of halogens is 1. The molecule has 0 saturated heterocycles. The second-order valence-electron chi connectivity index (χ2n) is 3.96. The Morgan fingerprint density at radius 2 is 1.95 bits per heavy atom. The molecule has 106 valence electrons. The lowest BCUT2D eigenvalue weighted by molar-refractivity contribution is 0.0772. The molecule has 19 heavy (non-hydrogen) atoms. The minimum Gasteiger partial charge on any atom is -0.490 e. The topological polar surface area (TPSA) is 38.8 Å². The fourth-order valence-electron chi connectivity index (χ4n) is 1.68. The third-order valence-corrected chi connectivity index (χ3v) is 3.67. The van der Waals surface area contributed by atoms with Crippen molar-refractivity contribution in [3.63, 3.8) is 0 Å². The van der Waals surface area contributed by atoms with E-state index in [0.717, 1.165) is 9.32 Å². The number of ether oxygens (including phenoxy) is 2. The highest BCUT2D eigenvalue weighted by molar-refractivity contribution is 14.1. The highest BCUT2D eigenvalue weighted by atomic mass is 127. The van der Waals surface area contributed by atoms with Crippen molar-refractivity contribution in [1.82, 2.24) is 4.90 Å². The van der Waals surface area contributed by atoms with Crippen LogP contribution in [0.3, 0.4) is 0 Å². The van der Waals surface area contributed by atoms with Crippen LogP contribution in [-0.4, -0.2) is 44.2 Å². The first kappa shape index (κ1) is 16.2. The zero-order chi connectivity index (χ0) is 14.3. The number of nitrogens with zero attached hydrogens (tertiary/aromatic N) is 1. The Kier molecular flexibility index (Phi) is 7.15. The summed E-state index contributed by atoms with van der Waals surface area (Å²) in [6.07, 6.45) is 0. The normalized spacial score (nSPS) is 10.3. The van der Waals surface area contributed by atoms with Gasteiger partial charge in [-0.05, 0) is 54.6 Å². The van der Waals surface area contributed by atoms with Crippen molar-refractivity contribution in [1.29, 1.82) is 0 Å². The van der Waals surface area contributed by atoms with Crippen molar-refractivity contribution < 1.29 is 14.3 Å². The monoisotopic (exact) mass is 377 g/mol. The molecule has 0 fully saturated rings. The molecular weight excluding hydrogens is 357 g/mol. The molecule has 0 radical (unpaired) electrons. The van der Waals surface area contributed by atoms with Crippen LogP contribution in [0.15, 0.2) is 18.2 Å². The van der Waals surface area contributed by atoms with Crippen LogP contribution in [0.4, 0.5) is 0 Å². The van der Waals surface area contributed by atoms with Gasteiger partial charge in [0.2, 0.25) is 0 Å². The fraction of sp³-hybridized carbons (Fsp3) is 0.500. The lowest BCUT2D eigenvalue weighted by Gasteiger charge is -2.19. The molecule has 0 aromatic heterocycles. The number of carbonyl (C=O) groups excluding carboxylic acids is 1. The van der Waals surface area contributed by atoms with E-state index in [1.807, 2.05) is 26.0 Å². The molecule has 1 amide bonds. The van der Waals surface area contributed by atoms with Crippen molar-refractivity contribution in [3.05, 3.63) is 27.3 Å². The zero-order valence-corrected chi connectivity index (χ0v) is 13.8. The Balaban J connectivity index is 2.85. The molecule has 0 spiro atoms. The second-order valence-corrected chi connectivity index (χ2v) is 5.13. The zero-order valence-electron chi connectivity index (χ0n) is 11.6. The van der Waals surface area contributed by atoms with E-state index in [1.54, 1.807) is 18.1 Å². The van der Waals surface area contributed by atoms with Gasteiger partial charge in [-0.2, -0.15) is 0 Å². The predicted molar refractivity (Wildman–Crippen MR) is 83.8 cm³/mol. The van der Waals surface area contributed by atoms with Crippen LogP contribution in [0.5, 0.6) is 5.75 Å². The smallest absolute Gasteiger partial charge is 0.253 e. The molecule has 0 aliphatic rings. The molecule has 0 saturated carbocycles. The van der Waals surface area contributed by atoms with Gasteiger partial charge in [0.05, 0.1) is 10.2 Å². The maximum atomic E-state index is 12.2. The number of hydrogen-bond acceptors (Lipinski definition) is 3. The van der Waals surface area contributed by atoms with Gasteiger partial charge in [-0.25, -0.2) is 0 Å². The van der Waals surface area contributed by atoms with Gasteiger partial charge in [0.1, 0.15) is 12.4 Å². The summed E-state index contributed by atoms with van der Waals surface area (Å²) < 4.78 is 11.6. The molecule has 0 unspecified atom stereocenters. The van der Waals surface area contributed by atoms with Gasteiger partial charge < -0.3 is 14.4 Å². The molecule has 4 nitrogen and oxygen atoms in total. The lowest BCUT2D eigenvalue weighted by Crippen LogP contribution is -2.30. The molecule has 0 aliphatic carbocycles. The molecule has 0 bridgehead atoms. The largest absolute Gasteiger partial charge is 0.490 e. The first-order valence-corrected chi connectivity index (χ1v) is 7.42. The number of carbonyl (C=O) groups is 1. The SMILES string of the molecule is CCN(CC)C(=O)c1ccc(I)c(OCCOC)c1. The molecule has 1 aromatic rings. The summed E-state index contributed by atoms with van der Waals surface area (Å²) in [6, 6.07) is 5.54. The maximum Gasteiger partial charge on any atom is 0.253 e. The summed E-state index contributed by atoms with van der Waals surface area (Å²) in [5.41, 5.74) is 0.663. The summed E-state index contributed by atoms with van der Waals surface area (Å²) >= 11 is 2.20. The van der Waals surface area contributed by atoms with Crippen molar-refractivity contribution in [2.75, 3.05) is 33.4 Å². The van der Waals surface area contributed by atoms with E-state index < -0.39 is 0 Å². The first-order valence-electron chi connectivity index (χ1n) is 6.34. The molecule has 0 aliphatic heterocycles. The van der Waals surface area contributed by atoms with E-state index in [1.165, 1.54) is 0 Å². The summed E-state index contributed by atoms with van der Waals surface area (Å²) in [7, 11) is 1.63. The Labute approximate surface area is 128 Å². The number of methoxy groups -OCH3 is 1. The molecule has 0 atom stereocenters. The van der Waals surface area contributed by atoms with Crippen LogP contribution >= 0.6 is 22.6 Å². The Hall–Kier alpha value is -0.820. The summed E-state index contributed by atoms with van der Waals surface area (Å²) in [5, 5.41) is 0. The highest BCUT2D eigenvalue weighted by Crippen LogP contribution is 2.23. The van der Waals surface area contributed by atoms with Gasteiger partial charge in [-0.15, -0.1) is 0 Å². The Morgan fingerprint density at radius 1 is 1.26 bits per heavy atom. The van der Waals surface area contributed by atoms with Gasteiger partial charge in [-0.3, -0.25) is 4.79 Å². The molecule has 0 heterocycles. The highest BCUT2D eigenvalue weighted by Gasteiger charge is 2.14. The van der Waals surface area contributed by atoms with Crippen molar-refractivity contribution in [3.8, 4) is 5.75 Å². The van der Waals surface area contributed by atoms with Crippen LogP contribution in [0.2, 0.25) is 0 Å². The van der Waals surface area contributed by atoms with Gasteiger partial charge in [-0.1, -0.05) is 0 Å². The van der Waals surface area contributed by atoms with E-state index in [2.05, 4.69) is 22.6 Å². The van der Waals surface area contributed by atoms with Gasteiger partial charge in [0.25, 0.3) is 5.91 Å². The van der Waals surface area contributed by atoms with Gasteiger partial charge >= 0.3 is 0 Å². The van der Waals surface area contributed by atoms with Crippen molar-refractivity contribution in [2.24, 2.45) is 0 Å². The number of benzene rings is 1. The fourth-order valence-corrected chi connectivity index (χ4v) is 2.17. The van der Waals surface area contributed by atoms with E-state index in [-0.39, 0.29) is 5.91 Å². The standard InChI is InChI=1S/C14H20INO3/c1-4-16(5-2)14(17)11-6-7-12(15)13(10-11)19-9-8-18-3/h6-7,10H,4-5,8-9H2,1-3H3. The van der Waals surface area contributed by atoms with E-state index >= 15 is 0 Å². The van der Waals surface area contributed by atoms with Crippen LogP contribution in [-0.2, 0) is 4.74 Å². The van der Waals surface area contributed by atoms with Gasteiger partial charge in [0.15, 0.2) is 0 Å². The third kappa shape index (κ3) is 4.65. The van der Waals surface area contributed by atoms with Crippen LogP contribution in [0.1, 0.15) is 24.2 Å². The van der Waals surface area contributed by atoms with Crippen molar-refractivity contribution in [2.45, 2.75) is 13.8 Å². The van der Waals surface area contributed by atoms with Crippen LogP contribution in [0, 0.1) is 3.57 Å². The first-order chi connectivity index (χ1) is 9.13. The second kappa shape index (κ2) is 8.37. The summed E-state index contributed by atoms with van der Waals surface area (Å²) in [4.78, 5) is 14.0. The summed E-state index contributed by atoms with van der Waals surface area (Å²) in [6.45, 7) is 6.39. The van der Waals surface area contributed by atoms with Crippen LogP contribution in [0.25, 0.3) is 0 Å². The van der Waals surface area contributed by atoms with E-state index in [9.17, 15) is 4.79 Å². The number of rotatable bonds is 7. The van der Waals surface area contributed by atoms with E-state index in [0.29, 0.717) is 31.9 Å². The number of amides is 1. The average molecular weight is 377 g/mol. The number of hydrogen-bond donors (Lipinski definition) is 0. The lowest BCUT2D eigenvalue weighted by atomic mass is 10.2. The molecule has 1 aromatic carbocycles. The molecule has 5 heteroatoms. The average Bonchev–Trinajstić information content (AvgIpc) is 2.42. The van der Waals surface area contributed by atoms with Gasteiger partial charge in [0, 0.05) is 25.8 Å². The Bertz CT molecular complexity index is 419. The Morgan fingerprint density at radius 3 is 2.53 bits per heavy atom. The minimum absolute atomic E-state index is 0.0398.